The maximum absolute atomic E-state index is 11.8. The van der Waals surface area contributed by atoms with Crippen molar-refractivity contribution < 1.29 is 13.5 Å². The van der Waals surface area contributed by atoms with Crippen LogP contribution in [-0.2, 0) is 16.6 Å². The van der Waals surface area contributed by atoms with E-state index in [0.29, 0.717) is 11.4 Å². The van der Waals surface area contributed by atoms with Crippen molar-refractivity contribution in [3.8, 4) is 0 Å². The maximum atomic E-state index is 11.8. The lowest BCUT2D eigenvalue weighted by molar-refractivity contribution is 0.282. The third-order valence-electron chi connectivity index (χ3n) is 1.95. The summed E-state index contributed by atoms with van der Waals surface area (Å²) >= 11 is 2.93. The predicted octanol–water partition coefficient (Wildman–Crippen LogP) is 1.27. The summed E-state index contributed by atoms with van der Waals surface area (Å²) in [6.45, 7) is 0.197. The molecule has 92 valence electrons. The Morgan fingerprint density at radius 3 is 2.94 bits per heavy atom. The zero-order valence-electron chi connectivity index (χ0n) is 8.97. The molecule has 1 rings (SSSR count). The van der Waals surface area contributed by atoms with Crippen molar-refractivity contribution in [2.75, 3.05) is 18.6 Å². The van der Waals surface area contributed by atoms with Crippen LogP contribution in [0.25, 0.3) is 0 Å². The van der Waals surface area contributed by atoms with Crippen LogP contribution in [0.4, 0.5) is 0 Å². The molecular formula is C9H15NO3S3. The minimum absolute atomic E-state index is 0.198. The van der Waals surface area contributed by atoms with Crippen molar-refractivity contribution in [1.29, 1.82) is 0 Å². The van der Waals surface area contributed by atoms with E-state index in [2.05, 4.69) is 4.72 Å². The van der Waals surface area contributed by atoms with Crippen LogP contribution in [0.3, 0.4) is 0 Å². The fraction of sp³-hybridized carbons (Fsp3) is 0.556. The first-order chi connectivity index (χ1) is 7.61. The molecule has 0 aliphatic rings. The van der Waals surface area contributed by atoms with Crippen molar-refractivity contribution in [3.05, 3.63) is 16.3 Å². The number of aliphatic hydroxyl groups excluding tert-OH is 1. The first-order valence-electron chi connectivity index (χ1n) is 4.77. The van der Waals surface area contributed by atoms with Gasteiger partial charge in [0.2, 0.25) is 10.0 Å². The number of thiophene rings is 1. The van der Waals surface area contributed by atoms with Crippen LogP contribution < -0.4 is 4.72 Å². The number of aliphatic hydroxyl groups is 1. The molecule has 0 amide bonds. The minimum Gasteiger partial charge on any atom is -0.391 e. The number of sulfonamides is 1. The average molecular weight is 281 g/mol. The molecule has 7 heteroatoms. The van der Waals surface area contributed by atoms with E-state index in [0.717, 1.165) is 12.2 Å². The number of hydrogen-bond acceptors (Lipinski definition) is 5. The highest BCUT2D eigenvalue weighted by molar-refractivity contribution is 7.98. The van der Waals surface area contributed by atoms with E-state index in [-0.39, 0.29) is 11.5 Å². The Morgan fingerprint density at radius 1 is 1.56 bits per heavy atom. The Morgan fingerprint density at radius 2 is 2.31 bits per heavy atom. The molecule has 1 aromatic rings. The van der Waals surface area contributed by atoms with E-state index in [9.17, 15) is 8.42 Å². The summed E-state index contributed by atoms with van der Waals surface area (Å²) in [5.41, 5.74) is 0. The van der Waals surface area contributed by atoms with Gasteiger partial charge in [-0.3, -0.25) is 0 Å². The summed E-state index contributed by atoms with van der Waals surface area (Å²) in [7, 11) is -3.45. The smallest absolute Gasteiger partial charge is 0.241 e. The van der Waals surface area contributed by atoms with Crippen molar-refractivity contribution in [1.82, 2.24) is 4.72 Å². The molecule has 0 bridgehead atoms. The fourth-order valence-corrected chi connectivity index (χ4v) is 3.98. The number of thioether (sulfide) groups is 1. The third kappa shape index (κ3) is 3.74. The van der Waals surface area contributed by atoms with Crippen LogP contribution in [0.5, 0.6) is 0 Å². The molecule has 4 nitrogen and oxygen atoms in total. The number of nitrogens with one attached hydrogen (secondary N) is 1. The first kappa shape index (κ1) is 14.0. The van der Waals surface area contributed by atoms with Gasteiger partial charge in [-0.1, -0.05) is 0 Å². The lowest BCUT2D eigenvalue weighted by Gasteiger charge is -2.06. The highest BCUT2D eigenvalue weighted by atomic mass is 32.2. The molecule has 2 N–H and O–H groups in total. The quantitative estimate of drug-likeness (QED) is 0.739. The molecule has 0 aromatic carbocycles. The van der Waals surface area contributed by atoms with Crippen LogP contribution in [0.2, 0.25) is 0 Å². The van der Waals surface area contributed by atoms with Crippen molar-refractivity contribution in [2.24, 2.45) is 0 Å². The molecule has 0 atom stereocenters. The maximum Gasteiger partial charge on any atom is 0.241 e. The number of rotatable bonds is 7. The van der Waals surface area contributed by atoms with Gasteiger partial charge in [0.1, 0.15) is 0 Å². The van der Waals surface area contributed by atoms with Crippen molar-refractivity contribution >= 4 is 33.1 Å². The van der Waals surface area contributed by atoms with Crippen molar-refractivity contribution in [2.45, 2.75) is 17.9 Å². The Labute approximate surface area is 104 Å². The second-order valence-corrected chi connectivity index (χ2v) is 6.83. The molecule has 0 saturated heterocycles. The molecule has 0 radical (unpaired) electrons. The van der Waals surface area contributed by atoms with E-state index in [1.54, 1.807) is 17.1 Å². The van der Waals surface area contributed by atoms with Gasteiger partial charge in [-0.05, 0) is 29.9 Å². The Balaban J connectivity index is 2.64. The van der Waals surface area contributed by atoms with Gasteiger partial charge in [0.25, 0.3) is 0 Å². The van der Waals surface area contributed by atoms with E-state index >= 15 is 0 Å². The summed E-state index contributed by atoms with van der Waals surface area (Å²) in [6.07, 6.45) is 2.79. The van der Waals surface area contributed by atoms with Gasteiger partial charge in [0.15, 0.2) is 0 Å². The molecule has 16 heavy (non-hydrogen) atoms. The summed E-state index contributed by atoms with van der Waals surface area (Å²) in [5.74, 6) is 0.930. The van der Waals surface area contributed by atoms with Crippen LogP contribution in [0, 0.1) is 0 Å². The van der Waals surface area contributed by atoms with Crippen molar-refractivity contribution in [3.63, 3.8) is 0 Å². The van der Waals surface area contributed by atoms with Gasteiger partial charge in [-0.15, -0.1) is 11.3 Å². The SMILES string of the molecule is CSCCCNS(=O)(=O)c1ccsc1CO. The third-order valence-corrected chi connectivity index (χ3v) is 5.23. The second kappa shape index (κ2) is 6.61. The topological polar surface area (TPSA) is 66.4 Å². The monoisotopic (exact) mass is 281 g/mol. The molecule has 0 aliphatic carbocycles. The normalized spacial score (nSPS) is 11.9. The zero-order valence-corrected chi connectivity index (χ0v) is 11.4. The predicted molar refractivity (Wildman–Crippen MR) is 68.4 cm³/mol. The first-order valence-corrected chi connectivity index (χ1v) is 8.53. The molecule has 0 fully saturated rings. The van der Waals surface area contributed by atoms with Gasteiger partial charge >= 0.3 is 0 Å². The van der Waals surface area contributed by atoms with Gasteiger partial charge < -0.3 is 5.11 Å². The summed E-state index contributed by atoms with van der Waals surface area (Å²) in [6, 6.07) is 1.52. The fourth-order valence-electron chi connectivity index (χ4n) is 1.18. The average Bonchev–Trinajstić information content (AvgIpc) is 2.73. The van der Waals surface area contributed by atoms with Gasteiger partial charge in [0, 0.05) is 11.4 Å². The van der Waals surface area contributed by atoms with E-state index in [1.165, 1.54) is 17.4 Å². The van der Waals surface area contributed by atoms with Gasteiger partial charge in [0.05, 0.1) is 11.5 Å². The minimum atomic E-state index is -3.45. The molecule has 0 spiro atoms. The molecule has 0 aliphatic heterocycles. The number of hydrogen-bond donors (Lipinski definition) is 2. The molecule has 1 aromatic heterocycles. The summed E-state index contributed by atoms with van der Waals surface area (Å²) in [4.78, 5) is 0.682. The van der Waals surface area contributed by atoms with E-state index in [1.807, 2.05) is 6.26 Å². The Hall–Kier alpha value is -0.0800. The van der Waals surface area contributed by atoms with E-state index < -0.39 is 10.0 Å². The summed E-state index contributed by atoms with van der Waals surface area (Å²) < 4.78 is 26.2. The van der Waals surface area contributed by atoms with Crippen LogP contribution in [0.1, 0.15) is 11.3 Å². The molecule has 0 unspecified atom stereocenters. The van der Waals surface area contributed by atoms with Crippen LogP contribution >= 0.6 is 23.1 Å². The molecular weight excluding hydrogens is 266 g/mol. The standard InChI is InChI=1S/C9H15NO3S3/c1-14-5-2-4-10-16(12,13)9-3-6-15-8(9)7-11/h3,6,10-11H,2,4-5,7H2,1H3. The second-order valence-electron chi connectivity index (χ2n) is 3.11. The van der Waals surface area contributed by atoms with Crippen LogP contribution in [-0.4, -0.2) is 32.1 Å². The lowest BCUT2D eigenvalue weighted by atomic mass is 10.5. The van der Waals surface area contributed by atoms with E-state index in [4.69, 9.17) is 5.11 Å². The van der Waals surface area contributed by atoms with Gasteiger partial charge in [-0.2, -0.15) is 11.8 Å². The molecule has 0 saturated carbocycles. The summed E-state index contributed by atoms with van der Waals surface area (Å²) in [5, 5.41) is 10.7. The highest BCUT2D eigenvalue weighted by Crippen LogP contribution is 2.21. The largest absolute Gasteiger partial charge is 0.391 e. The highest BCUT2D eigenvalue weighted by Gasteiger charge is 2.18. The molecule has 1 heterocycles. The zero-order chi connectivity index (χ0) is 12.0. The van der Waals surface area contributed by atoms with Gasteiger partial charge in [-0.25, -0.2) is 13.1 Å². The Bertz CT molecular complexity index is 413. The Kier molecular flexibility index (Phi) is 5.77. The lowest BCUT2D eigenvalue weighted by Crippen LogP contribution is -2.25. The van der Waals surface area contributed by atoms with Crippen LogP contribution in [0.15, 0.2) is 16.3 Å².